The zero-order chi connectivity index (χ0) is 22.7. The number of aliphatic hydroxyl groups is 1. The van der Waals surface area contributed by atoms with E-state index in [0.29, 0.717) is 17.0 Å². The predicted molar refractivity (Wildman–Crippen MR) is 106 cm³/mol. The summed E-state index contributed by atoms with van der Waals surface area (Å²) in [6, 6.07) is 7.91. The summed E-state index contributed by atoms with van der Waals surface area (Å²) in [5, 5.41) is 28.8. The fourth-order valence-electron chi connectivity index (χ4n) is 2.93. The van der Waals surface area contributed by atoms with E-state index in [-0.39, 0.29) is 18.1 Å². The maximum atomic E-state index is 14.2. The second kappa shape index (κ2) is 8.89. The monoisotopic (exact) mass is 442 g/mol. The van der Waals surface area contributed by atoms with E-state index in [4.69, 9.17) is 9.63 Å². The number of anilines is 1. The van der Waals surface area contributed by atoms with E-state index in [1.165, 1.54) is 17.0 Å². The molecule has 0 bridgehead atoms. The molecule has 0 unspecified atom stereocenters. The van der Waals surface area contributed by atoms with E-state index >= 15 is 0 Å². The maximum absolute atomic E-state index is 14.2. The minimum absolute atomic E-state index is 0.0204. The fourth-order valence-corrected chi connectivity index (χ4v) is 2.93. The van der Waals surface area contributed by atoms with Crippen LogP contribution in [0.3, 0.4) is 0 Å². The van der Waals surface area contributed by atoms with Crippen molar-refractivity contribution in [3.8, 4) is 22.9 Å². The lowest BCUT2D eigenvalue weighted by atomic mass is 10.2. The van der Waals surface area contributed by atoms with Crippen LogP contribution in [0, 0.1) is 11.6 Å². The number of aliphatic carboxylic acids is 1. The molecule has 12 heteroatoms. The van der Waals surface area contributed by atoms with Crippen molar-refractivity contribution in [2.24, 2.45) is 0 Å². The zero-order valence-electron chi connectivity index (χ0n) is 16.3. The Hall–Kier alpha value is -4.19. The topological polar surface area (TPSA) is 139 Å². The molecule has 3 N–H and O–H groups in total. The molecule has 1 atom stereocenters. The summed E-state index contributed by atoms with van der Waals surface area (Å²) in [5.41, 5.74) is 1.48. The Morgan fingerprint density at radius 1 is 1.19 bits per heavy atom. The summed E-state index contributed by atoms with van der Waals surface area (Å²) in [7, 11) is 0. The van der Waals surface area contributed by atoms with E-state index in [9.17, 15) is 18.7 Å². The number of nitrogens with zero attached hydrogens (tertiary/aromatic N) is 5. The summed E-state index contributed by atoms with van der Waals surface area (Å²) in [5.74, 6) is -3.13. The Morgan fingerprint density at radius 3 is 2.69 bits per heavy atom. The van der Waals surface area contributed by atoms with Crippen molar-refractivity contribution in [3.05, 3.63) is 66.1 Å². The van der Waals surface area contributed by atoms with Gasteiger partial charge < -0.3 is 20.1 Å². The highest BCUT2D eigenvalue weighted by Crippen LogP contribution is 2.26. The first kappa shape index (κ1) is 21.1. The number of nitrogens with one attached hydrogen (secondary N) is 1. The van der Waals surface area contributed by atoms with Crippen molar-refractivity contribution >= 4 is 11.8 Å². The number of hydrogen-bond acceptors (Lipinski definition) is 8. The van der Waals surface area contributed by atoms with Crippen LogP contribution in [-0.2, 0) is 11.3 Å². The average Bonchev–Trinajstić information content (AvgIpc) is 3.44. The highest BCUT2D eigenvalue weighted by Gasteiger charge is 2.21. The van der Waals surface area contributed by atoms with Crippen molar-refractivity contribution in [1.29, 1.82) is 0 Å². The molecule has 0 fully saturated rings. The third kappa shape index (κ3) is 4.30. The van der Waals surface area contributed by atoms with E-state index in [0.717, 1.165) is 6.20 Å². The number of carboxylic acid groups (broad SMARTS) is 1. The van der Waals surface area contributed by atoms with Crippen LogP contribution in [0.25, 0.3) is 22.9 Å². The van der Waals surface area contributed by atoms with Crippen molar-refractivity contribution in [2.75, 3.05) is 11.9 Å². The first-order chi connectivity index (χ1) is 15.5. The summed E-state index contributed by atoms with van der Waals surface area (Å²) in [6.45, 7) is -0.714. The standard InChI is InChI=1S/C20H16F2N6O4/c21-12-4-2-1-3-11(12)9-28-17(14-5-6-32-27-14)7-15(26-28)19-23-8-13(22)18(25-19)24-16(10-29)20(30)31/h1-8,16,29H,9-10H2,(H,30,31)(H,23,24,25)/t16-/m0/s1. The highest BCUT2D eigenvalue weighted by atomic mass is 19.1. The summed E-state index contributed by atoms with van der Waals surface area (Å²) >= 11 is 0. The average molecular weight is 442 g/mol. The first-order valence-electron chi connectivity index (χ1n) is 9.31. The molecular weight excluding hydrogens is 426 g/mol. The van der Waals surface area contributed by atoms with Gasteiger partial charge in [0.05, 0.1) is 25.0 Å². The third-order valence-corrected chi connectivity index (χ3v) is 4.52. The molecule has 3 heterocycles. The van der Waals surface area contributed by atoms with Gasteiger partial charge >= 0.3 is 5.97 Å². The smallest absolute Gasteiger partial charge is 0.328 e. The van der Waals surface area contributed by atoms with Gasteiger partial charge in [0.2, 0.25) is 0 Å². The number of carbonyl (C=O) groups is 1. The lowest BCUT2D eigenvalue weighted by Gasteiger charge is -2.12. The quantitative estimate of drug-likeness (QED) is 0.375. The van der Waals surface area contributed by atoms with Crippen LogP contribution in [0.4, 0.5) is 14.6 Å². The van der Waals surface area contributed by atoms with Gasteiger partial charge in [-0.05, 0) is 12.1 Å². The molecule has 0 aliphatic rings. The second-order valence-electron chi connectivity index (χ2n) is 6.66. The van der Waals surface area contributed by atoms with Gasteiger partial charge in [-0.25, -0.2) is 23.5 Å². The van der Waals surface area contributed by atoms with Crippen molar-refractivity contribution in [1.82, 2.24) is 24.9 Å². The molecule has 1 aromatic carbocycles. The molecule has 0 amide bonds. The minimum atomic E-state index is -1.46. The van der Waals surface area contributed by atoms with Crippen molar-refractivity contribution in [2.45, 2.75) is 12.6 Å². The van der Waals surface area contributed by atoms with Crippen LogP contribution in [0.5, 0.6) is 0 Å². The second-order valence-corrected chi connectivity index (χ2v) is 6.66. The Labute approximate surface area is 179 Å². The molecule has 0 saturated carbocycles. The van der Waals surface area contributed by atoms with Gasteiger partial charge in [0.25, 0.3) is 0 Å². The molecule has 0 aliphatic heterocycles. The highest BCUT2D eigenvalue weighted by molar-refractivity contribution is 5.77. The van der Waals surface area contributed by atoms with Crippen LogP contribution >= 0.6 is 0 Å². The lowest BCUT2D eigenvalue weighted by molar-refractivity contribution is -0.138. The van der Waals surface area contributed by atoms with Gasteiger partial charge in [0.1, 0.15) is 29.5 Å². The molecule has 32 heavy (non-hydrogen) atoms. The molecule has 0 radical (unpaired) electrons. The summed E-state index contributed by atoms with van der Waals surface area (Å²) < 4.78 is 34.7. The number of hydrogen-bond donors (Lipinski definition) is 3. The number of rotatable bonds is 8. The molecule has 0 aliphatic carbocycles. The normalized spacial score (nSPS) is 12.0. The van der Waals surface area contributed by atoms with Crippen LogP contribution in [0.2, 0.25) is 0 Å². The Kier molecular flexibility index (Phi) is 5.85. The van der Waals surface area contributed by atoms with Gasteiger partial charge in [0, 0.05) is 11.6 Å². The van der Waals surface area contributed by atoms with Crippen LogP contribution < -0.4 is 5.32 Å². The number of aromatic nitrogens is 5. The molecule has 0 spiro atoms. The fraction of sp³-hybridized carbons (Fsp3) is 0.150. The summed E-state index contributed by atoms with van der Waals surface area (Å²) in [4.78, 5) is 19.1. The van der Waals surface area contributed by atoms with Crippen LogP contribution in [0.15, 0.2) is 53.4 Å². The minimum Gasteiger partial charge on any atom is -0.480 e. The Morgan fingerprint density at radius 2 is 2.00 bits per heavy atom. The summed E-state index contributed by atoms with van der Waals surface area (Å²) in [6.07, 6.45) is 2.22. The van der Waals surface area contributed by atoms with E-state index in [2.05, 4.69) is 25.5 Å². The van der Waals surface area contributed by atoms with Crippen molar-refractivity contribution in [3.63, 3.8) is 0 Å². The van der Waals surface area contributed by atoms with Gasteiger partial charge in [0.15, 0.2) is 17.5 Å². The Bertz CT molecular complexity index is 1240. The first-order valence-corrected chi connectivity index (χ1v) is 9.31. The molecule has 3 aromatic heterocycles. The molecule has 10 nitrogen and oxygen atoms in total. The van der Waals surface area contributed by atoms with E-state index in [1.54, 1.807) is 30.3 Å². The lowest BCUT2D eigenvalue weighted by Crippen LogP contribution is -2.33. The zero-order valence-corrected chi connectivity index (χ0v) is 16.3. The molecule has 4 aromatic rings. The van der Waals surface area contributed by atoms with Crippen LogP contribution in [0.1, 0.15) is 5.56 Å². The number of benzene rings is 1. The molecule has 0 saturated heterocycles. The third-order valence-electron chi connectivity index (χ3n) is 4.52. The maximum Gasteiger partial charge on any atom is 0.328 e. The Balaban J connectivity index is 1.74. The molecule has 164 valence electrons. The number of aliphatic hydroxyl groups excluding tert-OH is 1. The van der Waals surface area contributed by atoms with Crippen molar-refractivity contribution < 1.29 is 28.3 Å². The largest absolute Gasteiger partial charge is 0.480 e. The van der Waals surface area contributed by atoms with Gasteiger partial charge in [-0.2, -0.15) is 5.10 Å². The predicted octanol–water partition coefficient (Wildman–Crippen LogP) is 2.18. The van der Waals surface area contributed by atoms with Gasteiger partial charge in [-0.15, -0.1) is 0 Å². The van der Waals surface area contributed by atoms with E-state index in [1.807, 2.05) is 0 Å². The van der Waals surface area contributed by atoms with E-state index < -0.39 is 36.1 Å². The van der Waals surface area contributed by atoms with Gasteiger partial charge in [-0.1, -0.05) is 23.4 Å². The van der Waals surface area contributed by atoms with Crippen LogP contribution in [-0.4, -0.2) is 53.7 Å². The SMILES string of the molecule is O=C(O)[C@H](CO)Nc1nc(-c2cc(-c3ccon3)n(Cc3ccccc3F)n2)ncc1F. The number of halogens is 2. The molecule has 4 rings (SSSR count). The number of carboxylic acids is 1. The van der Waals surface area contributed by atoms with Gasteiger partial charge in [-0.3, -0.25) is 4.68 Å². The molecular formula is C20H16F2N6O4.